The molecule has 120 valence electrons. The first-order valence-corrected chi connectivity index (χ1v) is 7.22. The fourth-order valence-corrected chi connectivity index (χ4v) is 1.44. The minimum absolute atomic E-state index is 0.0996. The molecular weight excluding hydrogens is 282 g/mol. The third-order valence-electron chi connectivity index (χ3n) is 2.96. The molecule has 0 saturated carbocycles. The quantitative estimate of drug-likeness (QED) is 0.670. The van der Waals surface area contributed by atoms with Crippen LogP contribution in [0.5, 0.6) is 0 Å². The highest BCUT2D eigenvalue weighted by Crippen LogP contribution is 2.18. The van der Waals surface area contributed by atoms with E-state index >= 15 is 0 Å². The number of ketones is 1. The molecule has 0 heterocycles. The lowest BCUT2D eigenvalue weighted by molar-refractivity contribution is -0.146. The number of rotatable bonds is 5. The number of carbonyl (C=O) groups is 3. The Bertz CT molecular complexity index is 553. The molecule has 5 nitrogen and oxygen atoms in total. The van der Waals surface area contributed by atoms with E-state index in [0.29, 0.717) is 11.3 Å². The number of hydrogen-bond donors (Lipinski definition) is 1. The Kier molecular flexibility index (Phi) is 5.85. The van der Waals surface area contributed by atoms with Crippen LogP contribution in [-0.4, -0.2) is 24.3 Å². The Labute approximate surface area is 131 Å². The summed E-state index contributed by atoms with van der Waals surface area (Å²) >= 11 is 0. The van der Waals surface area contributed by atoms with Crippen LogP contribution in [0.1, 0.15) is 45.0 Å². The molecule has 0 bridgehead atoms. The molecule has 0 spiro atoms. The average Bonchev–Trinajstić information content (AvgIpc) is 2.43. The van der Waals surface area contributed by atoms with Crippen LogP contribution in [0, 0.1) is 11.3 Å². The standard InChI is InChI=1S/C17H23NO4/c1-11(2)15(20)22-10-14(19)12-6-8-13(9-7-12)18-16(21)17(3,4)5/h6-9,11H,10H2,1-5H3,(H,18,21). The van der Waals surface area contributed by atoms with E-state index in [9.17, 15) is 14.4 Å². The summed E-state index contributed by atoms with van der Waals surface area (Å²) in [6, 6.07) is 6.51. The second-order valence-electron chi connectivity index (χ2n) is 6.47. The van der Waals surface area contributed by atoms with Crippen LogP contribution in [0.4, 0.5) is 5.69 Å². The van der Waals surface area contributed by atoms with Crippen LogP contribution in [-0.2, 0) is 14.3 Å². The van der Waals surface area contributed by atoms with E-state index in [1.54, 1.807) is 38.1 Å². The Balaban J connectivity index is 2.63. The molecule has 1 aromatic rings. The first-order valence-electron chi connectivity index (χ1n) is 7.22. The number of amides is 1. The summed E-state index contributed by atoms with van der Waals surface area (Å²) in [5.74, 6) is -1.04. The predicted octanol–water partition coefficient (Wildman–Crippen LogP) is 3.05. The lowest BCUT2D eigenvalue weighted by atomic mass is 9.95. The van der Waals surface area contributed by atoms with Crippen LogP contribution in [0.3, 0.4) is 0 Å². The molecule has 0 fully saturated rings. The third-order valence-corrected chi connectivity index (χ3v) is 2.96. The van der Waals surface area contributed by atoms with Gasteiger partial charge in [0.25, 0.3) is 0 Å². The number of Topliss-reactive ketones (excluding diaryl/α,β-unsaturated/α-hetero) is 1. The van der Waals surface area contributed by atoms with Crippen LogP contribution in [0.2, 0.25) is 0 Å². The monoisotopic (exact) mass is 305 g/mol. The highest BCUT2D eigenvalue weighted by molar-refractivity contribution is 5.99. The van der Waals surface area contributed by atoms with Gasteiger partial charge < -0.3 is 10.1 Å². The van der Waals surface area contributed by atoms with Crippen LogP contribution in [0.25, 0.3) is 0 Å². The van der Waals surface area contributed by atoms with Crippen molar-refractivity contribution in [2.45, 2.75) is 34.6 Å². The van der Waals surface area contributed by atoms with E-state index < -0.39 is 11.4 Å². The summed E-state index contributed by atoms with van der Waals surface area (Å²) in [5, 5.41) is 2.78. The molecule has 5 heteroatoms. The number of anilines is 1. The Morgan fingerprint density at radius 3 is 2.09 bits per heavy atom. The van der Waals surface area contributed by atoms with Gasteiger partial charge in [0, 0.05) is 16.7 Å². The molecule has 1 aromatic carbocycles. The maximum atomic E-state index is 11.9. The van der Waals surface area contributed by atoms with Crippen molar-refractivity contribution in [1.82, 2.24) is 0 Å². The summed E-state index contributed by atoms with van der Waals surface area (Å²) in [4.78, 5) is 35.1. The minimum Gasteiger partial charge on any atom is -0.457 e. The summed E-state index contributed by atoms with van der Waals surface area (Å²) in [7, 11) is 0. The molecule has 1 rings (SSSR count). The topological polar surface area (TPSA) is 72.5 Å². The second-order valence-corrected chi connectivity index (χ2v) is 6.47. The van der Waals surface area contributed by atoms with Gasteiger partial charge in [0.1, 0.15) is 0 Å². The molecule has 0 aromatic heterocycles. The van der Waals surface area contributed by atoms with Crippen molar-refractivity contribution < 1.29 is 19.1 Å². The molecule has 0 aliphatic carbocycles. The Hall–Kier alpha value is -2.17. The zero-order chi connectivity index (χ0) is 16.9. The molecule has 0 atom stereocenters. The van der Waals surface area contributed by atoms with E-state index in [2.05, 4.69) is 5.32 Å². The Morgan fingerprint density at radius 1 is 1.09 bits per heavy atom. The zero-order valence-electron chi connectivity index (χ0n) is 13.7. The van der Waals surface area contributed by atoms with Gasteiger partial charge in [-0.1, -0.05) is 34.6 Å². The fraction of sp³-hybridized carbons (Fsp3) is 0.471. The van der Waals surface area contributed by atoms with Crippen LogP contribution in [0.15, 0.2) is 24.3 Å². The van der Waals surface area contributed by atoms with Gasteiger partial charge in [-0.2, -0.15) is 0 Å². The van der Waals surface area contributed by atoms with E-state index in [0.717, 1.165) is 0 Å². The normalized spacial score (nSPS) is 11.2. The number of ether oxygens (including phenoxy) is 1. The lowest BCUT2D eigenvalue weighted by Crippen LogP contribution is -2.27. The summed E-state index contributed by atoms with van der Waals surface area (Å²) in [5.41, 5.74) is 0.570. The van der Waals surface area contributed by atoms with Gasteiger partial charge in [-0.05, 0) is 24.3 Å². The van der Waals surface area contributed by atoms with Gasteiger partial charge in [-0.25, -0.2) is 0 Å². The molecular formula is C17H23NO4. The number of esters is 1. The number of benzene rings is 1. The minimum atomic E-state index is -0.487. The maximum absolute atomic E-state index is 11.9. The van der Waals surface area contributed by atoms with Gasteiger partial charge >= 0.3 is 5.97 Å². The second kappa shape index (κ2) is 7.20. The van der Waals surface area contributed by atoms with E-state index in [4.69, 9.17) is 4.74 Å². The first-order chi connectivity index (χ1) is 10.1. The summed E-state index contributed by atoms with van der Waals surface area (Å²) in [6.45, 7) is 8.61. The van der Waals surface area contributed by atoms with Gasteiger partial charge in [0.05, 0.1) is 5.92 Å². The highest BCUT2D eigenvalue weighted by Gasteiger charge is 2.21. The largest absolute Gasteiger partial charge is 0.457 e. The van der Waals surface area contributed by atoms with E-state index in [-0.39, 0.29) is 24.2 Å². The van der Waals surface area contributed by atoms with Gasteiger partial charge in [0.15, 0.2) is 12.4 Å². The smallest absolute Gasteiger partial charge is 0.308 e. The molecule has 1 amide bonds. The third kappa shape index (κ3) is 5.31. The van der Waals surface area contributed by atoms with Gasteiger partial charge in [-0.3, -0.25) is 14.4 Å². The molecule has 1 N–H and O–H groups in total. The van der Waals surface area contributed by atoms with Crippen molar-refractivity contribution in [3.8, 4) is 0 Å². The molecule has 0 saturated heterocycles. The van der Waals surface area contributed by atoms with Crippen molar-refractivity contribution in [3.05, 3.63) is 29.8 Å². The predicted molar refractivity (Wildman–Crippen MR) is 84.7 cm³/mol. The van der Waals surface area contributed by atoms with Crippen molar-refractivity contribution >= 4 is 23.3 Å². The zero-order valence-corrected chi connectivity index (χ0v) is 13.7. The number of carbonyl (C=O) groups excluding carboxylic acids is 3. The van der Waals surface area contributed by atoms with Crippen molar-refractivity contribution in [1.29, 1.82) is 0 Å². The molecule has 0 unspecified atom stereocenters. The molecule has 0 radical (unpaired) electrons. The molecule has 22 heavy (non-hydrogen) atoms. The summed E-state index contributed by atoms with van der Waals surface area (Å²) in [6.07, 6.45) is 0. The van der Waals surface area contributed by atoms with Crippen LogP contribution >= 0.6 is 0 Å². The average molecular weight is 305 g/mol. The van der Waals surface area contributed by atoms with Crippen molar-refractivity contribution in [2.24, 2.45) is 11.3 Å². The lowest BCUT2D eigenvalue weighted by Gasteiger charge is -2.17. The first kappa shape index (κ1) is 17.9. The van der Waals surface area contributed by atoms with Crippen molar-refractivity contribution in [2.75, 3.05) is 11.9 Å². The summed E-state index contributed by atoms with van der Waals surface area (Å²) < 4.78 is 4.90. The number of nitrogens with one attached hydrogen (secondary N) is 1. The SMILES string of the molecule is CC(C)C(=O)OCC(=O)c1ccc(NC(=O)C(C)(C)C)cc1. The van der Waals surface area contributed by atoms with Crippen molar-refractivity contribution in [3.63, 3.8) is 0 Å². The number of hydrogen-bond acceptors (Lipinski definition) is 4. The van der Waals surface area contributed by atoms with Gasteiger partial charge in [0.2, 0.25) is 5.91 Å². The van der Waals surface area contributed by atoms with E-state index in [1.165, 1.54) is 0 Å². The van der Waals surface area contributed by atoms with E-state index in [1.807, 2.05) is 20.8 Å². The highest BCUT2D eigenvalue weighted by atomic mass is 16.5. The fourth-order valence-electron chi connectivity index (χ4n) is 1.44. The Morgan fingerprint density at radius 2 is 1.64 bits per heavy atom. The maximum Gasteiger partial charge on any atom is 0.308 e. The molecule has 0 aliphatic heterocycles. The van der Waals surface area contributed by atoms with Gasteiger partial charge in [-0.15, -0.1) is 0 Å². The van der Waals surface area contributed by atoms with Crippen LogP contribution < -0.4 is 5.32 Å². The molecule has 0 aliphatic rings.